The van der Waals surface area contributed by atoms with Gasteiger partial charge < -0.3 is 10.5 Å². The van der Waals surface area contributed by atoms with Crippen LogP contribution in [0, 0.1) is 10.1 Å². The molecule has 162 valence electrons. The summed E-state index contributed by atoms with van der Waals surface area (Å²) in [5.74, 6) is -0.137. The van der Waals surface area contributed by atoms with Crippen LogP contribution in [0.2, 0.25) is 0 Å². The number of alkyl halides is 2. The maximum Gasteiger partial charge on any atom is 0.387 e. The maximum atomic E-state index is 13.0. The van der Waals surface area contributed by atoms with Gasteiger partial charge in [0.05, 0.1) is 16.0 Å². The van der Waals surface area contributed by atoms with E-state index in [-0.39, 0.29) is 34.7 Å². The topological polar surface area (TPSA) is 124 Å². The van der Waals surface area contributed by atoms with E-state index in [9.17, 15) is 23.7 Å². The zero-order valence-corrected chi connectivity index (χ0v) is 16.4. The Morgan fingerprint density at radius 1 is 1.09 bits per heavy atom. The minimum absolute atomic E-state index is 0.0462. The molecule has 1 aromatic heterocycles. The summed E-state index contributed by atoms with van der Waals surface area (Å²) in [5, 5.41) is 19.0. The van der Waals surface area contributed by atoms with E-state index >= 15 is 0 Å². The Balaban J connectivity index is 1.81. The third-order valence-corrected chi connectivity index (χ3v) is 4.94. The number of aromatic amines is 1. The Kier molecular flexibility index (Phi) is 5.50. The van der Waals surface area contributed by atoms with Gasteiger partial charge in [0, 0.05) is 23.4 Å². The van der Waals surface area contributed by atoms with Gasteiger partial charge in [-0.05, 0) is 35.4 Å². The molecule has 0 saturated carbocycles. The lowest BCUT2D eigenvalue weighted by Crippen LogP contribution is -2.11. The predicted octanol–water partition coefficient (Wildman–Crippen LogP) is 4.27. The largest absolute Gasteiger partial charge is 0.434 e. The predicted molar refractivity (Wildman–Crippen MR) is 115 cm³/mol. The molecule has 1 heterocycles. The van der Waals surface area contributed by atoms with Gasteiger partial charge in [-0.15, -0.1) is 0 Å². The highest BCUT2D eigenvalue weighted by molar-refractivity contribution is 5.84. The summed E-state index contributed by atoms with van der Waals surface area (Å²) >= 11 is 0. The van der Waals surface area contributed by atoms with Crippen molar-refractivity contribution in [2.75, 3.05) is 5.73 Å². The number of fused-ring (bicyclic) bond motifs is 1. The second-order valence-corrected chi connectivity index (χ2v) is 6.96. The van der Waals surface area contributed by atoms with Crippen molar-refractivity contribution in [1.82, 2.24) is 10.2 Å². The molecular weight excluding hydrogens is 422 g/mol. The van der Waals surface area contributed by atoms with E-state index in [0.717, 1.165) is 0 Å². The fourth-order valence-electron chi connectivity index (χ4n) is 3.48. The number of rotatable bonds is 6. The van der Waals surface area contributed by atoms with Crippen LogP contribution in [-0.2, 0) is 6.42 Å². The summed E-state index contributed by atoms with van der Waals surface area (Å²) in [6.07, 6.45) is 0.274. The van der Waals surface area contributed by atoms with Crippen LogP contribution >= 0.6 is 0 Å². The third kappa shape index (κ3) is 4.10. The van der Waals surface area contributed by atoms with Crippen molar-refractivity contribution < 1.29 is 18.4 Å². The van der Waals surface area contributed by atoms with Gasteiger partial charge >= 0.3 is 6.61 Å². The first kappa shape index (κ1) is 20.9. The molecule has 32 heavy (non-hydrogen) atoms. The molecule has 3 aromatic carbocycles. The SMILES string of the molecule is Nc1ccc(-c2cc(Cc3n[nH]c(=O)c4ccccc34)ccc2OC(F)F)cc1[N+](=O)[O-]. The molecule has 0 amide bonds. The average Bonchev–Trinajstić information content (AvgIpc) is 2.77. The van der Waals surface area contributed by atoms with E-state index in [0.29, 0.717) is 27.6 Å². The average molecular weight is 438 g/mol. The monoisotopic (exact) mass is 438 g/mol. The lowest BCUT2D eigenvalue weighted by Gasteiger charge is -2.14. The second-order valence-electron chi connectivity index (χ2n) is 6.96. The van der Waals surface area contributed by atoms with Gasteiger partial charge in [0.2, 0.25) is 0 Å². The van der Waals surface area contributed by atoms with Gasteiger partial charge in [0.1, 0.15) is 11.4 Å². The van der Waals surface area contributed by atoms with Crippen LogP contribution in [0.15, 0.2) is 65.5 Å². The van der Waals surface area contributed by atoms with Crippen molar-refractivity contribution in [2.24, 2.45) is 0 Å². The molecule has 0 radical (unpaired) electrons. The molecule has 0 unspecified atom stereocenters. The number of hydrogen-bond acceptors (Lipinski definition) is 6. The van der Waals surface area contributed by atoms with Crippen molar-refractivity contribution in [3.8, 4) is 16.9 Å². The van der Waals surface area contributed by atoms with Gasteiger partial charge in [0.15, 0.2) is 0 Å². The number of hydrogen-bond donors (Lipinski definition) is 2. The van der Waals surface area contributed by atoms with E-state index in [4.69, 9.17) is 5.73 Å². The molecule has 8 nitrogen and oxygen atoms in total. The van der Waals surface area contributed by atoms with Crippen LogP contribution in [0.3, 0.4) is 0 Å². The molecule has 3 N–H and O–H groups in total. The molecule has 0 spiro atoms. The minimum Gasteiger partial charge on any atom is -0.434 e. The normalized spacial score (nSPS) is 11.1. The summed E-state index contributed by atoms with van der Waals surface area (Å²) in [6, 6.07) is 15.6. The highest BCUT2D eigenvalue weighted by Gasteiger charge is 2.18. The van der Waals surface area contributed by atoms with E-state index in [2.05, 4.69) is 14.9 Å². The molecule has 0 aliphatic carbocycles. The Hall–Kier alpha value is -4.34. The molecule has 0 saturated heterocycles. The number of aromatic nitrogens is 2. The quantitative estimate of drug-likeness (QED) is 0.263. The standard InChI is InChI=1S/C22H16F2N4O4/c23-22(24)32-20-8-5-12(9-16(20)13-6-7-17(25)19(11-13)28(30)31)10-18-14-3-1-2-4-15(14)21(29)27-26-18/h1-9,11,22H,10,25H2,(H,27,29). The molecule has 4 aromatic rings. The number of nitrogen functional groups attached to an aromatic ring is 1. The van der Waals surface area contributed by atoms with Crippen LogP contribution in [0.1, 0.15) is 11.3 Å². The van der Waals surface area contributed by atoms with Crippen LogP contribution in [0.4, 0.5) is 20.2 Å². The van der Waals surface area contributed by atoms with Crippen molar-refractivity contribution in [3.63, 3.8) is 0 Å². The summed E-state index contributed by atoms with van der Waals surface area (Å²) in [5.41, 5.74) is 6.73. The smallest absolute Gasteiger partial charge is 0.387 e. The minimum atomic E-state index is -3.08. The zero-order chi connectivity index (χ0) is 22.8. The molecule has 10 heteroatoms. The summed E-state index contributed by atoms with van der Waals surface area (Å²) < 4.78 is 30.5. The Labute approximate surface area is 179 Å². The first-order chi connectivity index (χ1) is 15.3. The summed E-state index contributed by atoms with van der Waals surface area (Å²) in [4.78, 5) is 22.6. The molecule has 0 fully saturated rings. The van der Waals surface area contributed by atoms with E-state index in [1.165, 1.54) is 24.3 Å². The maximum absolute atomic E-state index is 13.0. The van der Waals surface area contributed by atoms with Crippen LogP contribution in [-0.4, -0.2) is 21.7 Å². The van der Waals surface area contributed by atoms with E-state index in [1.807, 2.05) is 0 Å². The fraction of sp³-hybridized carbons (Fsp3) is 0.0909. The highest BCUT2D eigenvalue weighted by atomic mass is 19.3. The molecule has 0 bridgehead atoms. The molecule has 0 atom stereocenters. The Bertz CT molecular complexity index is 1390. The molecule has 4 rings (SSSR count). The molecule has 0 aliphatic rings. The van der Waals surface area contributed by atoms with Crippen LogP contribution < -0.4 is 16.0 Å². The fourth-order valence-corrected chi connectivity index (χ4v) is 3.48. The van der Waals surface area contributed by atoms with Gasteiger partial charge in [0.25, 0.3) is 11.2 Å². The molecule has 0 aliphatic heterocycles. The van der Waals surface area contributed by atoms with E-state index in [1.54, 1.807) is 36.4 Å². The number of nitrogens with zero attached hydrogens (tertiary/aromatic N) is 2. The van der Waals surface area contributed by atoms with Crippen molar-refractivity contribution >= 4 is 22.1 Å². The lowest BCUT2D eigenvalue weighted by molar-refractivity contribution is -0.383. The molecular formula is C22H16F2N4O4. The summed E-state index contributed by atoms with van der Waals surface area (Å²) in [6.45, 7) is -3.08. The van der Waals surface area contributed by atoms with Crippen molar-refractivity contribution in [1.29, 1.82) is 0 Å². The number of nitro benzene ring substituents is 1. The first-order valence-electron chi connectivity index (χ1n) is 9.42. The van der Waals surface area contributed by atoms with Crippen LogP contribution in [0.5, 0.6) is 5.75 Å². The third-order valence-electron chi connectivity index (χ3n) is 4.94. The number of nitrogens with one attached hydrogen (secondary N) is 1. The van der Waals surface area contributed by atoms with Crippen molar-refractivity contribution in [3.05, 3.63) is 92.4 Å². The number of nitro groups is 1. The number of H-pyrrole nitrogens is 1. The zero-order valence-electron chi connectivity index (χ0n) is 16.4. The second kappa shape index (κ2) is 8.42. The number of ether oxygens (including phenoxy) is 1. The van der Waals surface area contributed by atoms with E-state index < -0.39 is 11.5 Å². The lowest BCUT2D eigenvalue weighted by atomic mass is 9.98. The number of anilines is 1. The summed E-state index contributed by atoms with van der Waals surface area (Å²) in [7, 11) is 0. The van der Waals surface area contributed by atoms with Crippen molar-refractivity contribution in [2.45, 2.75) is 13.0 Å². The Morgan fingerprint density at radius 2 is 1.84 bits per heavy atom. The number of nitrogens with two attached hydrogens (primary N) is 1. The number of benzene rings is 3. The van der Waals surface area contributed by atoms with Gasteiger partial charge in [-0.1, -0.05) is 30.3 Å². The van der Waals surface area contributed by atoms with Gasteiger partial charge in [-0.3, -0.25) is 14.9 Å². The van der Waals surface area contributed by atoms with Gasteiger partial charge in [-0.25, -0.2) is 5.10 Å². The highest BCUT2D eigenvalue weighted by Crippen LogP contribution is 2.36. The van der Waals surface area contributed by atoms with Crippen LogP contribution in [0.25, 0.3) is 21.9 Å². The Morgan fingerprint density at radius 3 is 2.56 bits per heavy atom. The first-order valence-corrected chi connectivity index (χ1v) is 9.42. The number of halogens is 2. The van der Waals surface area contributed by atoms with Gasteiger partial charge in [-0.2, -0.15) is 13.9 Å².